The SMILES string of the molecule is c1ccc(-c2nc3ccc4ccc5ccc(N(c6ccc7c(c6)oc6ccccc67)c6ccccc6-c6ccccc6-c6ccccc6)cc5c4c3o2)cc1. The zero-order chi connectivity index (χ0) is 36.3. The number of rotatable bonds is 6. The van der Waals surface area contributed by atoms with Crippen LogP contribution in [0.1, 0.15) is 0 Å². The van der Waals surface area contributed by atoms with Crippen molar-refractivity contribution < 1.29 is 8.83 Å². The average Bonchev–Trinajstić information content (AvgIpc) is 3.86. The molecule has 0 radical (unpaired) electrons. The predicted octanol–water partition coefficient (Wildman–Crippen LogP) is 14.5. The lowest BCUT2D eigenvalue weighted by Crippen LogP contribution is -2.11. The van der Waals surface area contributed by atoms with Crippen LogP contribution in [0.2, 0.25) is 0 Å². The van der Waals surface area contributed by atoms with Gasteiger partial charge in [0.2, 0.25) is 5.89 Å². The zero-order valence-electron chi connectivity index (χ0n) is 29.7. The Balaban J connectivity index is 1.17. The second kappa shape index (κ2) is 12.6. The fourth-order valence-corrected chi connectivity index (χ4v) is 8.12. The van der Waals surface area contributed by atoms with Crippen LogP contribution in [0, 0.1) is 0 Å². The van der Waals surface area contributed by atoms with Gasteiger partial charge in [0, 0.05) is 44.7 Å². The summed E-state index contributed by atoms with van der Waals surface area (Å²) in [5, 5.41) is 6.55. The van der Waals surface area contributed by atoms with Crippen molar-refractivity contribution in [1.29, 1.82) is 0 Å². The van der Waals surface area contributed by atoms with Gasteiger partial charge in [-0.25, -0.2) is 4.98 Å². The van der Waals surface area contributed by atoms with E-state index in [1.807, 2.05) is 42.5 Å². The smallest absolute Gasteiger partial charge is 0.227 e. The van der Waals surface area contributed by atoms with Crippen molar-refractivity contribution in [3.8, 4) is 33.7 Å². The van der Waals surface area contributed by atoms with E-state index in [1.54, 1.807) is 0 Å². The lowest BCUT2D eigenvalue weighted by atomic mass is 9.93. The fourth-order valence-electron chi connectivity index (χ4n) is 8.12. The third-order valence-corrected chi connectivity index (χ3v) is 10.7. The highest BCUT2D eigenvalue weighted by Crippen LogP contribution is 2.46. The van der Waals surface area contributed by atoms with E-state index < -0.39 is 0 Å². The first-order valence-electron chi connectivity index (χ1n) is 18.5. The lowest BCUT2D eigenvalue weighted by molar-refractivity contribution is 0.623. The number of para-hydroxylation sites is 2. The number of nitrogens with zero attached hydrogens (tertiary/aromatic N) is 2. The molecular formula is C51H32N2O2. The van der Waals surface area contributed by atoms with Crippen LogP contribution in [0.5, 0.6) is 0 Å². The molecule has 2 heterocycles. The maximum absolute atomic E-state index is 6.62. The Labute approximate surface area is 317 Å². The van der Waals surface area contributed by atoms with Gasteiger partial charge < -0.3 is 13.7 Å². The minimum Gasteiger partial charge on any atom is -0.456 e. The van der Waals surface area contributed by atoms with Crippen molar-refractivity contribution in [1.82, 2.24) is 4.98 Å². The Hall–Kier alpha value is -7.43. The molecule has 0 aliphatic carbocycles. The Morgan fingerprint density at radius 2 is 1.02 bits per heavy atom. The third kappa shape index (κ3) is 5.19. The number of anilines is 3. The van der Waals surface area contributed by atoms with Gasteiger partial charge in [-0.15, -0.1) is 0 Å². The Morgan fingerprint density at radius 3 is 1.87 bits per heavy atom. The van der Waals surface area contributed by atoms with E-state index in [1.165, 1.54) is 11.1 Å². The van der Waals surface area contributed by atoms with Crippen LogP contribution in [-0.2, 0) is 0 Å². The van der Waals surface area contributed by atoms with Gasteiger partial charge in [0.25, 0.3) is 0 Å². The number of aromatic nitrogens is 1. The van der Waals surface area contributed by atoms with Gasteiger partial charge in [-0.1, -0.05) is 133 Å². The van der Waals surface area contributed by atoms with Gasteiger partial charge in [-0.05, 0) is 87.4 Å². The molecule has 258 valence electrons. The van der Waals surface area contributed by atoms with Crippen molar-refractivity contribution >= 4 is 71.6 Å². The molecule has 11 aromatic rings. The van der Waals surface area contributed by atoms with Crippen LogP contribution >= 0.6 is 0 Å². The van der Waals surface area contributed by atoms with Crippen LogP contribution < -0.4 is 4.90 Å². The molecule has 55 heavy (non-hydrogen) atoms. The summed E-state index contributed by atoms with van der Waals surface area (Å²) in [6.07, 6.45) is 0. The van der Waals surface area contributed by atoms with E-state index in [-0.39, 0.29) is 0 Å². The standard InChI is InChI=1S/C51H32N2O2/c1-3-13-33(14-4-1)39-17-7-8-18-40(39)41-19-9-11-21-46(41)53(38-28-29-43-42-20-10-12-22-47(42)54-48(43)32-38)37-27-25-34-23-24-35-26-30-45-50(49(35)44(34)31-37)55-51(52-45)36-15-5-2-6-16-36/h1-32H. The number of hydrogen-bond acceptors (Lipinski definition) is 4. The number of oxazole rings is 1. The second-order valence-electron chi connectivity index (χ2n) is 13.9. The highest BCUT2D eigenvalue weighted by atomic mass is 16.3. The predicted molar refractivity (Wildman–Crippen MR) is 227 cm³/mol. The van der Waals surface area contributed by atoms with Crippen LogP contribution in [0.25, 0.3) is 88.3 Å². The van der Waals surface area contributed by atoms with Crippen LogP contribution in [0.15, 0.2) is 203 Å². The van der Waals surface area contributed by atoms with Crippen molar-refractivity contribution in [2.24, 2.45) is 0 Å². The van der Waals surface area contributed by atoms with E-state index in [0.717, 1.165) is 88.3 Å². The van der Waals surface area contributed by atoms with E-state index >= 15 is 0 Å². The summed E-state index contributed by atoms with van der Waals surface area (Å²) in [5.74, 6) is 0.614. The maximum Gasteiger partial charge on any atom is 0.227 e. The summed E-state index contributed by atoms with van der Waals surface area (Å²) in [4.78, 5) is 7.29. The molecule has 0 N–H and O–H groups in total. The molecule has 0 bridgehead atoms. The van der Waals surface area contributed by atoms with E-state index in [9.17, 15) is 0 Å². The van der Waals surface area contributed by atoms with Crippen molar-refractivity contribution in [2.75, 3.05) is 4.90 Å². The monoisotopic (exact) mass is 704 g/mol. The minimum absolute atomic E-state index is 0.614. The molecule has 0 spiro atoms. The van der Waals surface area contributed by atoms with Crippen LogP contribution in [0.4, 0.5) is 17.1 Å². The summed E-state index contributed by atoms with van der Waals surface area (Å²) in [6, 6.07) is 68.1. The fraction of sp³-hybridized carbons (Fsp3) is 0. The summed E-state index contributed by atoms with van der Waals surface area (Å²) < 4.78 is 13.1. The molecule has 0 saturated carbocycles. The molecule has 4 heteroatoms. The molecule has 0 atom stereocenters. The second-order valence-corrected chi connectivity index (χ2v) is 13.9. The van der Waals surface area contributed by atoms with E-state index in [2.05, 4.69) is 157 Å². The van der Waals surface area contributed by atoms with E-state index in [4.69, 9.17) is 13.8 Å². The van der Waals surface area contributed by atoms with Crippen LogP contribution in [-0.4, -0.2) is 4.98 Å². The molecule has 11 rings (SSSR count). The van der Waals surface area contributed by atoms with Crippen molar-refractivity contribution in [3.63, 3.8) is 0 Å². The van der Waals surface area contributed by atoms with Crippen molar-refractivity contribution in [3.05, 3.63) is 194 Å². The number of hydrogen-bond donors (Lipinski definition) is 0. The highest BCUT2D eigenvalue weighted by molar-refractivity contribution is 6.19. The molecule has 0 fully saturated rings. The molecule has 0 saturated heterocycles. The average molecular weight is 705 g/mol. The van der Waals surface area contributed by atoms with Gasteiger partial charge in [0.15, 0.2) is 5.58 Å². The summed E-state index contributed by atoms with van der Waals surface area (Å²) in [5.41, 5.74) is 12.0. The largest absolute Gasteiger partial charge is 0.456 e. The topological polar surface area (TPSA) is 42.4 Å². The zero-order valence-corrected chi connectivity index (χ0v) is 29.7. The molecule has 0 unspecified atom stereocenters. The van der Waals surface area contributed by atoms with Gasteiger partial charge >= 0.3 is 0 Å². The van der Waals surface area contributed by atoms with Gasteiger partial charge in [-0.2, -0.15) is 0 Å². The molecule has 2 aromatic heterocycles. The van der Waals surface area contributed by atoms with Crippen LogP contribution in [0.3, 0.4) is 0 Å². The molecular weight excluding hydrogens is 673 g/mol. The van der Waals surface area contributed by atoms with Gasteiger partial charge in [0.05, 0.1) is 5.69 Å². The molecule has 0 amide bonds. The molecule has 0 aliphatic heterocycles. The first-order valence-corrected chi connectivity index (χ1v) is 18.5. The molecule has 9 aromatic carbocycles. The normalized spacial score (nSPS) is 11.6. The summed E-state index contributed by atoms with van der Waals surface area (Å²) in [6.45, 7) is 0. The first kappa shape index (κ1) is 31.1. The summed E-state index contributed by atoms with van der Waals surface area (Å²) >= 11 is 0. The number of fused-ring (bicyclic) bond motifs is 8. The minimum atomic E-state index is 0.614. The Kier molecular flexibility index (Phi) is 7.14. The van der Waals surface area contributed by atoms with Crippen molar-refractivity contribution in [2.45, 2.75) is 0 Å². The lowest BCUT2D eigenvalue weighted by Gasteiger charge is -2.28. The first-order chi connectivity index (χ1) is 27.3. The summed E-state index contributed by atoms with van der Waals surface area (Å²) in [7, 11) is 0. The highest BCUT2D eigenvalue weighted by Gasteiger charge is 2.22. The molecule has 4 nitrogen and oxygen atoms in total. The Bertz CT molecular complexity index is 3220. The van der Waals surface area contributed by atoms with Gasteiger partial charge in [-0.3, -0.25) is 0 Å². The van der Waals surface area contributed by atoms with E-state index in [0.29, 0.717) is 5.89 Å². The number of furan rings is 1. The molecule has 0 aliphatic rings. The quantitative estimate of drug-likeness (QED) is 0.162. The Morgan fingerprint density at radius 1 is 0.400 bits per heavy atom. The maximum atomic E-state index is 6.62. The third-order valence-electron chi connectivity index (χ3n) is 10.7. The van der Waals surface area contributed by atoms with Gasteiger partial charge in [0.1, 0.15) is 16.7 Å². The number of benzene rings is 9.